The van der Waals surface area contributed by atoms with Crippen LogP contribution in [0, 0.1) is 37.7 Å². The summed E-state index contributed by atoms with van der Waals surface area (Å²) in [6.45, 7) is 0. The predicted octanol–water partition coefficient (Wildman–Crippen LogP) is -4.59. The predicted molar refractivity (Wildman–Crippen MR) is 22.0 cm³/mol. The summed E-state index contributed by atoms with van der Waals surface area (Å²) < 4.78 is 0. The second-order valence-corrected chi connectivity index (χ2v) is 0.962. The molecule has 0 fully saturated rings. The number of hydrogen-bond donors (Lipinski definition) is 0. The first-order valence-electron chi connectivity index (χ1n) is 1.67. The van der Waals surface area contributed by atoms with Crippen molar-refractivity contribution in [2.75, 3.05) is 0 Å². The van der Waals surface area contributed by atoms with Gasteiger partial charge in [0.15, 0.2) is 0 Å². The largest absolute Gasteiger partial charge is 3.00 e. The Morgan fingerprint density at radius 1 is 0.875 bits per heavy atom. The Balaban J connectivity index is -0.0000000833. The molecule has 0 atom stereocenters. The van der Waals surface area contributed by atoms with Crippen molar-refractivity contribution in [3.05, 3.63) is 30.3 Å². The van der Waals surface area contributed by atoms with Gasteiger partial charge in [-0.05, 0) is 0 Å². The Labute approximate surface area is 91.8 Å². The summed E-state index contributed by atoms with van der Waals surface area (Å²) in [6.07, 6.45) is 0. The van der Waals surface area contributed by atoms with Crippen LogP contribution in [-0.4, -0.2) is 0 Å². The molecule has 0 heterocycles. The van der Waals surface area contributed by atoms with Crippen molar-refractivity contribution in [3.8, 4) is 0 Å². The monoisotopic (exact) mass is 300 g/mol. The van der Waals surface area contributed by atoms with E-state index in [0.29, 0.717) is 0 Å². The van der Waals surface area contributed by atoms with Gasteiger partial charge in [-0.25, -0.2) is 12.1 Å². The maximum absolute atomic E-state index is 2.00. The van der Waals surface area contributed by atoms with E-state index in [1.54, 1.807) is 0 Å². The second-order valence-electron chi connectivity index (χ2n) is 0.962. The van der Waals surface area contributed by atoms with Crippen LogP contribution in [0.2, 0.25) is 0 Å². The second kappa shape index (κ2) is 11.0. The fourth-order valence-electron chi connectivity index (χ4n) is 0.321. The van der Waals surface area contributed by atoms with Gasteiger partial charge in [-0.15, -0.1) is 0 Å². The Morgan fingerprint density at radius 3 is 1.38 bits per heavy atom. The van der Waals surface area contributed by atoms with E-state index in [1.807, 2.05) is 30.3 Å². The van der Waals surface area contributed by atoms with Gasteiger partial charge in [0.05, 0.1) is 0 Å². The Kier molecular flexibility index (Phi) is 22.2. The normalized spacial score (nSPS) is 5.00. The van der Waals surface area contributed by atoms with Crippen molar-refractivity contribution in [1.82, 2.24) is 0 Å². The van der Waals surface area contributed by atoms with E-state index in [2.05, 4.69) is 0 Å². The van der Waals surface area contributed by atoms with E-state index in [1.165, 1.54) is 0 Å². The molecule has 0 amide bonds. The van der Waals surface area contributed by atoms with Gasteiger partial charge in [-0.1, -0.05) is 0 Å². The smallest absolute Gasteiger partial charge is 1.00 e. The molecule has 0 saturated heterocycles. The van der Waals surface area contributed by atoms with Crippen LogP contribution in [0.1, 0.15) is 0 Å². The van der Waals surface area contributed by atoms with E-state index in [-0.39, 0.29) is 62.6 Å². The minimum atomic E-state index is 0. The first-order chi connectivity index (χ1) is 2.50. The van der Waals surface area contributed by atoms with Crippen LogP contribution >= 0.6 is 0 Å². The van der Waals surface area contributed by atoms with Gasteiger partial charge < -0.3 is 24.8 Å². The summed E-state index contributed by atoms with van der Waals surface area (Å²) in [6, 6.07) is 10.0. The van der Waals surface area contributed by atoms with Crippen molar-refractivity contribution in [1.29, 1.82) is 0 Å². The molecule has 0 spiro atoms. The zero-order chi connectivity index (χ0) is 3.54. The zero-order valence-electron chi connectivity index (χ0n) is 3.94. The standard InChI is InChI=1S/C5H5.2ClH.Ho/c1-2-4-5-3-1;;;/h1-5H;2*1H;/q-1;;;+3/p-2. The molecule has 0 nitrogen and oxygen atoms in total. The van der Waals surface area contributed by atoms with E-state index in [0.717, 1.165) is 0 Å². The van der Waals surface area contributed by atoms with E-state index in [9.17, 15) is 0 Å². The molecule has 0 aliphatic heterocycles. The third kappa shape index (κ3) is 7.19. The summed E-state index contributed by atoms with van der Waals surface area (Å²) in [5.41, 5.74) is 0. The third-order valence-corrected chi connectivity index (χ3v) is 0.556. The molecule has 0 saturated carbocycles. The van der Waals surface area contributed by atoms with E-state index < -0.39 is 0 Å². The molecule has 0 N–H and O–H groups in total. The molecule has 0 aliphatic carbocycles. The Hall–Kier alpha value is 1.19. The van der Waals surface area contributed by atoms with E-state index in [4.69, 9.17) is 0 Å². The molecule has 0 bridgehead atoms. The van der Waals surface area contributed by atoms with Crippen LogP contribution in [0.3, 0.4) is 0 Å². The minimum absolute atomic E-state index is 0. The molecule has 0 radical (unpaired) electrons. The first-order valence-corrected chi connectivity index (χ1v) is 1.67. The third-order valence-electron chi connectivity index (χ3n) is 0.556. The number of rotatable bonds is 0. The Morgan fingerprint density at radius 2 is 1.25 bits per heavy atom. The molecular weight excluding hydrogens is 296 g/mol. The topological polar surface area (TPSA) is 0 Å². The summed E-state index contributed by atoms with van der Waals surface area (Å²) in [4.78, 5) is 0. The summed E-state index contributed by atoms with van der Waals surface area (Å²) in [5, 5.41) is 0. The maximum Gasteiger partial charge on any atom is 3.00 e. The fraction of sp³-hybridized carbons (Fsp3) is 0. The van der Waals surface area contributed by atoms with Crippen molar-refractivity contribution < 1.29 is 62.6 Å². The average Bonchev–Trinajstić information content (AvgIpc) is 1.76. The van der Waals surface area contributed by atoms with Crippen molar-refractivity contribution >= 4 is 0 Å². The summed E-state index contributed by atoms with van der Waals surface area (Å²) >= 11 is 0. The number of hydrogen-bond acceptors (Lipinski definition) is 0. The van der Waals surface area contributed by atoms with Gasteiger partial charge in [0.2, 0.25) is 0 Å². The molecule has 1 aromatic rings. The van der Waals surface area contributed by atoms with Crippen molar-refractivity contribution in [3.63, 3.8) is 0 Å². The van der Waals surface area contributed by atoms with E-state index >= 15 is 0 Å². The molecule has 0 aromatic heterocycles. The van der Waals surface area contributed by atoms with Crippen LogP contribution in [-0.2, 0) is 0 Å². The molecular formula is C5H5Cl2Ho. The molecule has 8 heavy (non-hydrogen) atoms. The summed E-state index contributed by atoms with van der Waals surface area (Å²) in [5.74, 6) is 0. The van der Waals surface area contributed by atoms with Crippen molar-refractivity contribution in [2.24, 2.45) is 0 Å². The molecule has 0 aliphatic rings. The van der Waals surface area contributed by atoms with Crippen LogP contribution < -0.4 is 24.8 Å². The fourth-order valence-corrected chi connectivity index (χ4v) is 0.321. The van der Waals surface area contributed by atoms with Crippen LogP contribution in [0.5, 0.6) is 0 Å². The van der Waals surface area contributed by atoms with Gasteiger partial charge in [0.25, 0.3) is 0 Å². The first kappa shape index (κ1) is 16.1. The van der Waals surface area contributed by atoms with Crippen LogP contribution in [0.4, 0.5) is 0 Å². The SMILES string of the molecule is [Cl-].[Cl-].[Ho+3].c1cc[cH-]c1. The van der Waals surface area contributed by atoms with Crippen LogP contribution in [0.25, 0.3) is 0 Å². The van der Waals surface area contributed by atoms with Gasteiger partial charge in [0, 0.05) is 0 Å². The molecule has 3 heteroatoms. The van der Waals surface area contributed by atoms with Gasteiger partial charge >= 0.3 is 37.7 Å². The molecule has 1 rings (SSSR count). The molecule has 0 unspecified atom stereocenters. The van der Waals surface area contributed by atoms with Gasteiger partial charge in [-0.2, -0.15) is 18.2 Å². The summed E-state index contributed by atoms with van der Waals surface area (Å²) in [7, 11) is 0. The molecule has 50 valence electrons. The maximum atomic E-state index is 2.00. The number of halogens is 2. The minimum Gasteiger partial charge on any atom is -1.00 e. The van der Waals surface area contributed by atoms with Gasteiger partial charge in [-0.3, -0.25) is 0 Å². The quantitative estimate of drug-likeness (QED) is 0.334. The van der Waals surface area contributed by atoms with Crippen LogP contribution in [0.15, 0.2) is 30.3 Å². The van der Waals surface area contributed by atoms with Crippen molar-refractivity contribution in [2.45, 2.75) is 0 Å². The molecule has 1 aromatic carbocycles. The zero-order valence-corrected chi connectivity index (χ0v) is 7.39. The van der Waals surface area contributed by atoms with Gasteiger partial charge in [0.1, 0.15) is 0 Å². The average molecular weight is 301 g/mol. The Bertz CT molecular complexity index is 66.9.